The number of rotatable bonds is 8. The van der Waals surface area contributed by atoms with Crippen LogP contribution in [0.5, 0.6) is 11.5 Å². The highest BCUT2D eigenvalue weighted by molar-refractivity contribution is 5.98. The fourth-order valence-corrected chi connectivity index (χ4v) is 2.28. The number of nitrogens with zero attached hydrogens (tertiary/aromatic N) is 1. The molecule has 0 atom stereocenters. The predicted molar refractivity (Wildman–Crippen MR) is 94.1 cm³/mol. The number of nitriles is 1. The quantitative estimate of drug-likeness (QED) is 0.535. The van der Waals surface area contributed by atoms with Crippen LogP contribution in [0.1, 0.15) is 34.3 Å². The number of carbonyl (C=O) groups is 2. The molecule has 0 aliphatic rings. The maximum absolute atomic E-state index is 12.2. The summed E-state index contributed by atoms with van der Waals surface area (Å²) in [6, 6.07) is 13.6. The summed E-state index contributed by atoms with van der Waals surface area (Å²) in [5.74, 6) is 0.358. The van der Waals surface area contributed by atoms with Crippen LogP contribution in [-0.4, -0.2) is 26.0 Å². The summed E-state index contributed by atoms with van der Waals surface area (Å²) >= 11 is 0. The fourth-order valence-electron chi connectivity index (χ4n) is 2.28. The average Bonchev–Trinajstić information content (AvgIpc) is 2.70. The lowest BCUT2D eigenvalue weighted by molar-refractivity contribution is -0.144. The molecule has 2 rings (SSSR count). The van der Waals surface area contributed by atoms with Crippen LogP contribution in [0.3, 0.4) is 0 Å². The summed E-state index contributed by atoms with van der Waals surface area (Å²) in [5, 5.41) is 8.74. The van der Waals surface area contributed by atoms with E-state index in [2.05, 4.69) is 0 Å². The molecule has 26 heavy (non-hydrogen) atoms. The van der Waals surface area contributed by atoms with Gasteiger partial charge in [-0.1, -0.05) is 12.1 Å². The van der Waals surface area contributed by atoms with Gasteiger partial charge in [-0.05, 0) is 35.9 Å². The molecule has 6 heteroatoms. The summed E-state index contributed by atoms with van der Waals surface area (Å²) < 4.78 is 15.4. The minimum Gasteiger partial charge on any atom is -0.493 e. The van der Waals surface area contributed by atoms with E-state index in [4.69, 9.17) is 19.5 Å². The molecule has 0 saturated heterocycles. The Morgan fingerprint density at radius 3 is 2.27 bits per heavy atom. The van der Waals surface area contributed by atoms with Gasteiger partial charge in [0.25, 0.3) is 0 Å². The smallest absolute Gasteiger partial charge is 0.306 e. The Kier molecular flexibility index (Phi) is 6.75. The van der Waals surface area contributed by atoms with Gasteiger partial charge in [0.15, 0.2) is 17.3 Å². The maximum Gasteiger partial charge on any atom is 0.306 e. The molecular formula is C20H19NO5. The monoisotopic (exact) mass is 353 g/mol. The highest BCUT2D eigenvalue weighted by Crippen LogP contribution is 2.28. The zero-order chi connectivity index (χ0) is 18.9. The number of Topliss-reactive ketones (excluding diaryl/α,β-unsaturated/α-hetero) is 1. The van der Waals surface area contributed by atoms with Crippen molar-refractivity contribution in [1.82, 2.24) is 0 Å². The molecular weight excluding hydrogens is 334 g/mol. The van der Waals surface area contributed by atoms with Gasteiger partial charge in [0, 0.05) is 12.0 Å². The Labute approximate surface area is 151 Å². The fraction of sp³-hybridized carbons (Fsp3) is 0.250. The van der Waals surface area contributed by atoms with Gasteiger partial charge in [0.05, 0.1) is 32.3 Å². The van der Waals surface area contributed by atoms with E-state index in [1.165, 1.54) is 14.2 Å². The summed E-state index contributed by atoms with van der Waals surface area (Å²) in [4.78, 5) is 24.1. The molecule has 2 aromatic carbocycles. The first-order valence-corrected chi connectivity index (χ1v) is 7.97. The van der Waals surface area contributed by atoms with Crippen molar-refractivity contribution in [3.8, 4) is 17.6 Å². The number of ketones is 1. The van der Waals surface area contributed by atoms with Crippen molar-refractivity contribution in [2.24, 2.45) is 0 Å². The molecule has 134 valence electrons. The van der Waals surface area contributed by atoms with Gasteiger partial charge in [0.1, 0.15) is 6.61 Å². The van der Waals surface area contributed by atoms with Crippen LogP contribution in [0, 0.1) is 11.3 Å². The van der Waals surface area contributed by atoms with E-state index >= 15 is 0 Å². The third-order valence-corrected chi connectivity index (χ3v) is 3.74. The van der Waals surface area contributed by atoms with E-state index in [0.717, 1.165) is 5.56 Å². The topological polar surface area (TPSA) is 85.6 Å². The first kappa shape index (κ1) is 19.0. The molecule has 0 saturated carbocycles. The molecule has 0 bridgehead atoms. The molecule has 0 spiro atoms. The van der Waals surface area contributed by atoms with Crippen molar-refractivity contribution in [2.75, 3.05) is 14.2 Å². The van der Waals surface area contributed by atoms with Crippen molar-refractivity contribution < 1.29 is 23.8 Å². The van der Waals surface area contributed by atoms with Crippen LogP contribution in [0.4, 0.5) is 0 Å². The molecule has 0 fully saturated rings. The number of benzene rings is 2. The molecule has 0 radical (unpaired) electrons. The van der Waals surface area contributed by atoms with Crippen molar-refractivity contribution >= 4 is 11.8 Å². The standard InChI is InChI=1S/C20H19NO5/c1-24-18-9-7-16(11-19(18)25-2)17(22)8-10-20(23)26-13-15-5-3-14(12-21)4-6-15/h3-7,9,11H,8,10,13H2,1-2H3. The second-order valence-corrected chi connectivity index (χ2v) is 5.46. The summed E-state index contributed by atoms with van der Waals surface area (Å²) in [7, 11) is 3.01. The lowest BCUT2D eigenvalue weighted by atomic mass is 10.1. The number of hydrogen-bond acceptors (Lipinski definition) is 6. The van der Waals surface area contributed by atoms with E-state index in [1.807, 2.05) is 6.07 Å². The number of esters is 1. The van der Waals surface area contributed by atoms with E-state index in [1.54, 1.807) is 42.5 Å². The zero-order valence-electron chi connectivity index (χ0n) is 14.7. The Morgan fingerprint density at radius 1 is 0.962 bits per heavy atom. The molecule has 2 aromatic rings. The molecule has 0 unspecified atom stereocenters. The van der Waals surface area contributed by atoms with Crippen molar-refractivity contribution in [3.05, 3.63) is 59.2 Å². The zero-order valence-corrected chi connectivity index (χ0v) is 14.7. The van der Waals surface area contributed by atoms with Crippen LogP contribution in [0.2, 0.25) is 0 Å². The summed E-state index contributed by atoms with van der Waals surface area (Å²) in [5.41, 5.74) is 1.77. The van der Waals surface area contributed by atoms with Crippen molar-refractivity contribution in [1.29, 1.82) is 5.26 Å². The third-order valence-electron chi connectivity index (χ3n) is 3.74. The maximum atomic E-state index is 12.2. The van der Waals surface area contributed by atoms with Gasteiger partial charge in [-0.15, -0.1) is 0 Å². The van der Waals surface area contributed by atoms with Crippen molar-refractivity contribution in [3.63, 3.8) is 0 Å². The molecule has 0 N–H and O–H groups in total. The second kappa shape index (κ2) is 9.23. The third kappa shape index (κ3) is 5.08. The number of ether oxygens (including phenoxy) is 3. The van der Waals surface area contributed by atoms with Crippen LogP contribution >= 0.6 is 0 Å². The highest BCUT2D eigenvalue weighted by Gasteiger charge is 2.13. The number of methoxy groups -OCH3 is 2. The van der Waals surface area contributed by atoms with E-state index in [0.29, 0.717) is 22.6 Å². The molecule has 6 nitrogen and oxygen atoms in total. The van der Waals surface area contributed by atoms with Gasteiger partial charge in [-0.25, -0.2) is 0 Å². The minimum absolute atomic E-state index is 0.0105. The van der Waals surface area contributed by atoms with Gasteiger partial charge in [-0.3, -0.25) is 9.59 Å². The normalized spacial score (nSPS) is 9.88. The predicted octanol–water partition coefficient (Wildman–Crippen LogP) is 3.28. The summed E-state index contributed by atoms with van der Waals surface area (Å²) in [6.07, 6.45) is 0.0329. The molecule has 0 aromatic heterocycles. The van der Waals surface area contributed by atoms with Crippen molar-refractivity contribution in [2.45, 2.75) is 19.4 Å². The minimum atomic E-state index is -0.455. The lowest BCUT2D eigenvalue weighted by Crippen LogP contribution is -2.08. The SMILES string of the molecule is COc1ccc(C(=O)CCC(=O)OCc2ccc(C#N)cc2)cc1OC. The Bertz CT molecular complexity index is 821. The molecule has 0 heterocycles. The van der Waals surface area contributed by atoms with E-state index < -0.39 is 5.97 Å². The first-order chi connectivity index (χ1) is 12.6. The van der Waals surface area contributed by atoms with E-state index in [-0.39, 0.29) is 25.2 Å². The first-order valence-electron chi connectivity index (χ1n) is 7.97. The summed E-state index contributed by atoms with van der Waals surface area (Å²) in [6.45, 7) is 0.106. The van der Waals surface area contributed by atoms with Crippen LogP contribution in [-0.2, 0) is 16.1 Å². The lowest BCUT2D eigenvalue weighted by Gasteiger charge is -2.09. The van der Waals surface area contributed by atoms with Crippen LogP contribution < -0.4 is 9.47 Å². The molecule has 0 amide bonds. The van der Waals surface area contributed by atoms with Crippen LogP contribution in [0.25, 0.3) is 0 Å². The average molecular weight is 353 g/mol. The Hall–Kier alpha value is -3.33. The highest BCUT2D eigenvalue weighted by atomic mass is 16.5. The van der Waals surface area contributed by atoms with E-state index in [9.17, 15) is 9.59 Å². The number of carbonyl (C=O) groups excluding carboxylic acids is 2. The largest absolute Gasteiger partial charge is 0.493 e. The second-order valence-electron chi connectivity index (χ2n) is 5.46. The Morgan fingerprint density at radius 2 is 1.65 bits per heavy atom. The van der Waals surface area contributed by atoms with Gasteiger partial charge < -0.3 is 14.2 Å². The van der Waals surface area contributed by atoms with Gasteiger partial charge in [0.2, 0.25) is 0 Å². The van der Waals surface area contributed by atoms with Crippen LogP contribution in [0.15, 0.2) is 42.5 Å². The molecule has 0 aliphatic carbocycles. The van der Waals surface area contributed by atoms with Gasteiger partial charge in [-0.2, -0.15) is 5.26 Å². The van der Waals surface area contributed by atoms with Gasteiger partial charge >= 0.3 is 5.97 Å². The Balaban J connectivity index is 1.84. The molecule has 0 aliphatic heterocycles. The number of hydrogen-bond donors (Lipinski definition) is 0.